The molecule has 4 amide bonds. The van der Waals surface area contributed by atoms with Crippen LogP contribution >= 0.6 is 15.9 Å². The van der Waals surface area contributed by atoms with Gasteiger partial charge in [-0.2, -0.15) is 0 Å². The van der Waals surface area contributed by atoms with E-state index in [1.165, 1.54) is 15.9 Å². The molecule has 2 fully saturated rings. The summed E-state index contributed by atoms with van der Waals surface area (Å²) >= 11 is 3.31. The maximum atomic E-state index is 14.1. The highest BCUT2D eigenvalue weighted by molar-refractivity contribution is 9.10. The van der Waals surface area contributed by atoms with Crippen molar-refractivity contribution < 1.29 is 18.8 Å². The van der Waals surface area contributed by atoms with Crippen LogP contribution in [0.5, 0.6) is 0 Å². The molecular formula is C20H25BrFN3O3. The number of imide groups is 1. The normalized spacial score (nSPS) is 18.9. The lowest BCUT2D eigenvalue weighted by Gasteiger charge is -2.35. The second-order valence-electron chi connectivity index (χ2n) is 7.47. The fourth-order valence-electron chi connectivity index (χ4n) is 4.15. The van der Waals surface area contributed by atoms with Crippen LogP contribution in [0.2, 0.25) is 0 Å². The summed E-state index contributed by atoms with van der Waals surface area (Å²) in [5.74, 6) is -1.05. The Morgan fingerprint density at radius 1 is 1.25 bits per heavy atom. The van der Waals surface area contributed by atoms with Crippen molar-refractivity contribution in [3.63, 3.8) is 0 Å². The van der Waals surface area contributed by atoms with Crippen LogP contribution in [0.4, 0.5) is 9.18 Å². The van der Waals surface area contributed by atoms with E-state index in [-0.39, 0.29) is 24.9 Å². The van der Waals surface area contributed by atoms with E-state index >= 15 is 0 Å². The van der Waals surface area contributed by atoms with Gasteiger partial charge in [-0.3, -0.25) is 14.5 Å². The number of rotatable bonds is 5. The Hall–Kier alpha value is -1.96. The Morgan fingerprint density at radius 2 is 1.93 bits per heavy atom. The molecule has 0 aromatic heterocycles. The maximum Gasteiger partial charge on any atom is 0.327 e. The molecule has 3 rings (SSSR count). The number of nitrogens with zero attached hydrogens (tertiary/aromatic N) is 3. The molecule has 6 nitrogen and oxygen atoms in total. The van der Waals surface area contributed by atoms with Crippen molar-refractivity contribution >= 4 is 33.8 Å². The van der Waals surface area contributed by atoms with Crippen LogP contribution in [0.3, 0.4) is 0 Å². The van der Waals surface area contributed by atoms with Crippen molar-refractivity contribution in [3.8, 4) is 0 Å². The van der Waals surface area contributed by atoms with Gasteiger partial charge >= 0.3 is 6.03 Å². The van der Waals surface area contributed by atoms with E-state index in [1.807, 2.05) is 0 Å². The first-order valence-corrected chi connectivity index (χ1v) is 10.4. The van der Waals surface area contributed by atoms with Crippen molar-refractivity contribution in [1.82, 2.24) is 14.7 Å². The van der Waals surface area contributed by atoms with E-state index in [2.05, 4.69) is 15.9 Å². The van der Waals surface area contributed by atoms with Gasteiger partial charge < -0.3 is 9.80 Å². The molecule has 1 saturated heterocycles. The Balaban J connectivity index is 1.74. The molecule has 1 heterocycles. The van der Waals surface area contributed by atoms with Crippen molar-refractivity contribution in [1.29, 1.82) is 0 Å². The van der Waals surface area contributed by atoms with Crippen LogP contribution < -0.4 is 0 Å². The third-order valence-corrected chi connectivity index (χ3v) is 6.37. The summed E-state index contributed by atoms with van der Waals surface area (Å²) in [5.41, 5.74) is -0.423. The van der Waals surface area contributed by atoms with Gasteiger partial charge in [-0.1, -0.05) is 35.2 Å². The van der Waals surface area contributed by atoms with E-state index in [0.29, 0.717) is 24.9 Å². The van der Waals surface area contributed by atoms with Crippen LogP contribution in [0.1, 0.15) is 44.6 Å². The van der Waals surface area contributed by atoms with E-state index in [4.69, 9.17) is 0 Å². The third kappa shape index (κ3) is 3.66. The van der Waals surface area contributed by atoms with Gasteiger partial charge in [0, 0.05) is 30.2 Å². The predicted molar refractivity (Wildman–Crippen MR) is 106 cm³/mol. The standard InChI is InChI=1S/C20H25BrFN3O3/c1-3-24(12-14-11-15(21)7-8-16(14)22)17(26)13-25-18(27)20(23(2)19(25)28)9-5-4-6-10-20/h7-8,11H,3-6,9-10,12-13H2,1-2H3. The lowest BCUT2D eigenvalue weighted by Crippen LogP contribution is -2.49. The van der Waals surface area contributed by atoms with Crippen molar-refractivity contribution in [2.75, 3.05) is 20.1 Å². The number of likely N-dealkylation sites (N-methyl/N-ethyl adjacent to an activating group) is 2. The average Bonchev–Trinajstić information content (AvgIpc) is 2.85. The summed E-state index contributed by atoms with van der Waals surface area (Å²) in [6, 6.07) is 4.14. The molecule has 1 aromatic carbocycles. The highest BCUT2D eigenvalue weighted by atomic mass is 79.9. The van der Waals surface area contributed by atoms with E-state index in [9.17, 15) is 18.8 Å². The van der Waals surface area contributed by atoms with Crippen molar-refractivity contribution in [2.45, 2.75) is 51.1 Å². The Labute approximate surface area is 172 Å². The zero-order valence-electron chi connectivity index (χ0n) is 16.2. The number of carbonyl (C=O) groups is 3. The quantitative estimate of drug-likeness (QED) is 0.640. The lowest BCUT2D eigenvalue weighted by atomic mass is 9.81. The molecule has 152 valence electrons. The first-order chi connectivity index (χ1) is 13.3. The molecule has 0 radical (unpaired) electrons. The first kappa shape index (κ1) is 20.8. The second kappa shape index (κ2) is 8.19. The van der Waals surface area contributed by atoms with Gasteiger partial charge in [0.15, 0.2) is 0 Å². The summed E-state index contributed by atoms with van der Waals surface area (Å²) < 4.78 is 14.8. The van der Waals surface area contributed by atoms with Gasteiger partial charge in [0.25, 0.3) is 5.91 Å². The number of amides is 4. The highest BCUT2D eigenvalue weighted by Gasteiger charge is 2.55. The Bertz CT molecular complexity index is 795. The van der Waals surface area contributed by atoms with Crippen molar-refractivity contribution in [3.05, 3.63) is 34.1 Å². The van der Waals surface area contributed by atoms with Crippen LogP contribution in [0.25, 0.3) is 0 Å². The third-order valence-electron chi connectivity index (χ3n) is 5.88. The minimum absolute atomic E-state index is 0.0812. The lowest BCUT2D eigenvalue weighted by molar-refractivity contribution is -0.140. The van der Waals surface area contributed by atoms with Crippen LogP contribution in [-0.4, -0.2) is 58.2 Å². The average molecular weight is 454 g/mol. The van der Waals surface area contributed by atoms with Gasteiger partial charge in [0.2, 0.25) is 5.91 Å². The van der Waals surface area contributed by atoms with Crippen molar-refractivity contribution in [2.24, 2.45) is 0 Å². The van der Waals surface area contributed by atoms with E-state index < -0.39 is 17.4 Å². The van der Waals surface area contributed by atoms with Crippen LogP contribution in [0.15, 0.2) is 22.7 Å². The summed E-state index contributed by atoms with van der Waals surface area (Å²) in [6.45, 7) is 1.91. The monoisotopic (exact) mass is 453 g/mol. The molecule has 2 aliphatic rings. The first-order valence-electron chi connectivity index (χ1n) is 9.61. The second-order valence-corrected chi connectivity index (χ2v) is 8.38. The van der Waals surface area contributed by atoms with Gasteiger partial charge in [0.05, 0.1) is 0 Å². The molecule has 1 spiro atoms. The molecule has 1 aliphatic carbocycles. The van der Waals surface area contributed by atoms with Gasteiger partial charge in [-0.25, -0.2) is 9.18 Å². The number of hydrogen-bond donors (Lipinski definition) is 0. The number of carbonyl (C=O) groups excluding carboxylic acids is 3. The largest absolute Gasteiger partial charge is 0.337 e. The molecular weight excluding hydrogens is 429 g/mol. The Kier molecular flexibility index (Phi) is 6.07. The molecule has 0 atom stereocenters. The summed E-state index contributed by atoms with van der Waals surface area (Å²) in [4.78, 5) is 42.6. The van der Waals surface area contributed by atoms with Gasteiger partial charge in [0.1, 0.15) is 17.9 Å². The number of hydrogen-bond acceptors (Lipinski definition) is 3. The molecule has 8 heteroatoms. The summed E-state index contributed by atoms with van der Waals surface area (Å²) in [6.07, 6.45) is 4.12. The van der Waals surface area contributed by atoms with Crippen LogP contribution in [-0.2, 0) is 16.1 Å². The topological polar surface area (TPSA) is 60.9 Å². The zero-order valence-corrected chi connectivity index (χ0v) is 17.8. The van der Waals surface area contributed by atoms with E-state index in [0.717, 1.165) is 28.6 Å². The Morgan fingerprint density at radius 3 is 2.57 bits per heavy atom. The molecule has 1 aliphatic heterocycles. The fraction of sp³-hybridized carbons (Fsp3) is 0.550. The smallest absolute Gasteiger partial charge is 0.327 e. The molecule has 0 bridgehead atoms. The summed E-state index contributed by atoms with van der Waals surface area (Å²) in [7, 11) is 1.64. The van der Waals surface area contributed by atoms with Gasteiger partial charge in [-0.05, 0) is 38.0 Å². The predicted octanol–water partition coefficient (Wildman–Crippen LogP) is 3.53. The molecule has 0 N–H and O–H groups in total. The fourth-order valence-corrected chi connectivity index (χ4v) is 4.56. The molecule has 0 unspecified atom stereocenters. The zero-order chi connectivity index (χ0) is 20.5. The number of urea groups is 1. The number of halogens is 2. The SMILES string of the molecule is CCN(Cc1cc(Br)ccc1F)C(=O)CN1C(=O)N(C)C2(CCCCC2)C1=O. The minimum atomic E-state index is -0.803. The minimum Gasteiger partial charge on any atom is -0.337 e. The number of benzene rings is 1. The summed E-state index contributed by atoms with van der Waals surface area (Å²) in [5, 5.41) is 0. The maximum absolute atomic E-state index is 14.1. The van der Waals surface area contributed by atoms with Gasteiger partial charge in [-0.15, -0.1) is 0 Å². The molecule has 1 aromatic rings. The van der Waals surface area contributed by atoms with E-state index in [1.54, 1.807) is 26.1 Å². The highest BCUT2D eigenvalue weighted by Crippen LogP contribution is 2.39. The van der Waals surface area contributed by atoms with Crippen LogP contribution in [0, 0.1) is 5.82 Å². The molecule has 28 heavy (non-hydrogen) atoms. The molecule has 1 saturated carbocycles.